The van der Waals surface area contributed by atoms with Crippen LogP contribution >= 0.6 is 0 Å². The smallest absolute Gasteiger partial charge is 0.251 e. The maximum Gasteiger partial charge on any atom is 0.251 e. The molecule has 0 aliphatic carbocycles. The molecule has 0 aromatic heterocycles. The fraction of sp³-hybridized carbons (Fsp3) is 0.471. The average molecular weight is 330 g/mol. The molecular formula is C17H22N4O3. The lowest BCUT2D eigenvalue weighted by atomic mass is 10.1. The van der Waals surface area contributed by atoms with Gasteiger partial charge in [0, 0.05) is 38.2 Å². The standard InChI is InChI=1S/C17H22N4O3/c1-20-7-9-21(10-8-20)17(24)14-11-13(16(23)19-14)18-15(22)12-5-3-2-4-6-12/h2-6,13-14H,7-11H2,1H3,(H,18,22)(H,19,23)/t13-,14-/m0/s1. The summed E-state index contributed by atoms with van der Waals surface area (Å²) in [6.45, 7) is 3.01. The Labute approximate surface area is 141 Å². The monoisotopic (exact) mass is 330 g/mol. The molecule has 24 heavy (non-hydrogen) atoms. The van der Waals surface area contributed by atoms with E-state index in [2.05, 4.69) is 15.5 Å². The average Bonchev–Trinajstić information content (AvgIpc) is 2.96. The van der Waals surface area contributed by atoms with Crippen molar-refractivity contribution in [1.29, 1.82) is 0 Å². The van der Waals surface area contributed by atoms with Gasteiger partial charge >= 0.3 is 0 Å². The minimum absolute atomic E-state index is 0.0621. The summed E-state index contributed by atoms with van der Waals surface area (Å²) in [6, 6.07) is 7.52. The number of benzene rings is 1. The van der Waals surface area contributed by atoms with Crippen molar-refractivity contribution in [1.82, 2.24) is 20.4 Å². The van der Waals surface area contributed by atoms with Crippen molar-refractivity contribution in [3.63, 3.8) is 0 Å². The topological polar surface area (TPSA) is 81.8 Å². The van der Waals surface area contributed by atoms with E-state index in [4.69, 9.17) is 0 Å². The molecule has 2 atom stereocenters. The molecule has 3 amide bonds. The second kappa shape index (κ2) is 7.00. The molecule has 2 aliphatic heterocycles. The Morgan fingerprint density at radius 2 is 1.79 bits per heavy atom. The molecule has 128 valence electrons. The van der Waals surface area contributed by atoms with Gasteiger partial charge in [-0.15, -0.1) is 0 Å². The summed E-state index contributed by atoms with van der Waals surface area (Å²) >= 11 is 0. The maximum absolute atomic E-state index is 12.5. The number of nitrogens with zero attached hydrogens (tertiary/aromatic N) is 2. The zero-order chi connectivity index (χ0) is 17.1. The molecule has 1 aromatic rings. The highest BCUT2D eigenvalue weighted by atomic mass is 16.2. The summed E-state index contributed by atoms with van der Waals surface area (Å²) in [7, 11) is 2.02. The first-order valence-corrected chi connectivity index (χ1v) is 8.18. The maximum atomic E-state index is 12.5. The van der Waals surface area contributed by atoms with Crippen molar-refractivity contribution in [3.8, 4) is 0 Å². The van der Waals surface area contributed by atoms with E-state index in [0.29, 0.717) is 25.1 Å². The number of piperazine rings is 1. The van der Waals surface area contributed by atoms with E-state index in [-0.39, 0.29) is 17.7 Å². The molecule has 0 saturated carbocycles. The van der Waals surface area contributed by atoms with E-state index < -0.39 is 12.1 Å². The Morgan fingerprint density at radius 3 is 2.46 bits per heavy atom. The van der Waals surface area contributed by atoms with Gasteiger partial charge in [0.05, 0.1) is 0 Å². The lowest BCUT2D eigenvalue weighted by Crippen LogP contribution is -2.52. The zero-order valence-corrected chi connectivity index (χ0v) is 13.7. The minimum Gasteiger partial charge on any atom is -0.342 e. The molecule has 2 heterocycles. The van der Waals surface area contributed by atoms with E-state index in [0.717, 1.165) is 13.1 Å². The fourth-order valence-electron chi connectivity index (χ4n) is 3.04. The van der Waals surface area contributed by atoms with Crippen LogP contribution in [0.15, 0.2) is 30.3 Å². The van der Waals surface area contributed by atoms with E-state index in [9.17, 15) is 14.4 Å². The summed E-state index contributed by atoms with van der Waals surface area (Å²) in [6.07, 6.45) is 0.294. The van der Waals surface area contributed by atoms with Gasteiger partial charge in [0.15, 0.2) is 0 Å². The number of likely N-dealkylation sites (N-methyl/N-ethyl adjacent to an activating group) is 1. The van der Waals surface area contributed by atoms with Crippen LogP contribution in [-0.4, -0.2) is 72.8 Å². The zero-order valence-electron chi connectivity index (χ0n) is 13.7. The second-order valence-corrected chi connectivity index (χ2v) is 6.32. The summed E-state index contributed by atoms with van der Waals surface area (Å²) in [5.41, 5.74) is 0.499. The van der Waals surface area contributed by atoms with E-state index >= 15 is 0 Å². The van der Waals surface area contributed by atoms with Gasteiger partial charge in [0.2, 0.25) is 11.8 Å². The third kappa shape index (κ3) is 3.56. The van der Waals surface area contributed by atoms with Crippen LogP contribution in [0.3, 0.4) is 0 Å². The highest BCUT2D eigenvalue weighted by molar-refractivity contribution is 6.00. The quantitative estimate of drug-likeness (QED) is 0.779. The molecule has 0 unspecified atom stereocenters. The van der Waals surface area contributed by atoms with Crippen molar-refractivity contribution in [2.24, 2.45) is 0 Å². The number of carbonyl (C=O) groups is 3. The van der Waals surface area contributed by atoms with Crippen LogP contribution in [-0.2, 0) is 9.59 Å². The third-order valence-corrected chi connectivity index (χ3v) is 4.56. The first-order valence-electron chi connectivity index (χ1n) is 8.18. The predicted molar refractivity (Wildman–Crippen MR) is 88.3 cm³/mol. The molecule has 2 saturated heterocycles. The van der Waals surface area contributed by atoms with E-state index in [1.54, 1.807) is 29.2 Å². The summed E-state index contributed by atoms with van der Waals surface area (Å²) in [5.74, 6) is -0.664. The van der Waals surface area contributed by atoms with E-state index in [1.807, 2.05) is 13.1 Å². The normalized spacial score (nSPS) is 24.5. The van der Waals surface area contributed by atoms with Crippen molar-refractivity contribution in [2.45, 2.75) is 18.5 Å². The van der Waals surface area contributed by atoms with Gasteiger partial charge in [0.1, 0.15) is 12.1 Å². The van der Waals surface area contributed by atoms with Crippen LogP contribution in [0.5, 0.6) is 0 Å². The predicted octanol–water partition coefficient (Wildman–Crippen LogP) is -0.552. The van der Waals surface area contributed by atoms with Crippen LogP contribution in [0.25, 0.3) is 0 Å². The van der Waals surface area contributed by atoms with Crippen LogP contribution < -0.4 is 10.6 Å². The largest absolute Gasteiger partial charge is 0.342 e. The van der Waals surface area contributed by atoms with Crippen molar-refractivity contribution in [3.05, 3.63) is 35.9 Å². The number of carbonyl (C=O) groups excluding carboxylic acids is 3. The molecule has 0 spiro atoms. The number of nitrogens with one attached hydrogen (secondary N) is 2. The van der Waals surface area contributed by atoms with Gasteiger partial charge < -0.3 is 20.4 Å². The minimum atomic E-state index is -0.667. The van der Waals surface area contributed by atoms with Crippen molar-refractivity contribution < 1.29 is 14.4 Å². The van der Waals surface area contributed by atoms with Gasteiger partial charge in [0.25, 0.3) is 5.91 Å². The molecule has 7 nitrogen and oxygen atoms in total. The Bertz CT molecular complexity index is 626. The van der Waals surface area contributed by atoms with E-state index in [1.165, 1.54) is 0 Å². The summed E-state index contributed by atoms with van der Waals surface area (Å²) in [4.78, 5) is 40.7. The molecule has 0 bridgehead atoms. The van der Waals surface area contributed by atoms with Crippen LogP contribution in [0.2, 0.25) is 0 Å². The Kier molecular flexibility index (Phi) is 4.80. The molecular weight excluding hydrogens is 308 g/mol. The van der Waals surface area contributed by atoms with Gasteiger partial charge in [-0.2, -0.15) is 0 Å². The second-order valence-electron chi connectivity index (χ2n) is 6.32. The molecule has 3 rings (SSSR count). The number of hydrogen-bond acceptors (Lipinski definition) is 4. The Morgan fingerprint density at radius 1 is 1.12 bits per heavy atom. The van der Waals surface area contributed by atoms with Crippen LogP contribution in [0, 0.1) is 0 Å². The lowest BCUT2D eigenvalue weighted by Gasteiger charge is -2.33. The number of amides is 3. The summed E-state index contributed by atoms with van der Waals surface area (Å²) < 4.78 is 0. The van der Waals surface area contributed by atoms with Crippen LogP contribution in [0.4, 0.5) is 0 Å². The van der Waals surface area contributed by atoms with Gasteiger partial charge in [-0.25, -0.2) is 0 Å². The molecule has 1 aromatic carbocycles. The first-order chi connectivity index (χ1) is 11.5. The Balaban J connectivity index is 1.57. The summed E-state index contributed by atoms with van der Waals surface area (Å²) in [5, 5.41) is 5.42. The van der Waals surface area contributed by atoms with Gasteiger partial charge in [-0.3, -0.25) is 14.4 Å². The first kappa shape index (κ1) is 16.4. The SMILES string of the molecule is CN1CCN(C(=O)[C@@H]2C[C@H](NC(=O)c3ccccc3)C(=O)N2)CC1. The molecule has 0 radical (unpaired) electrons. The Hall–Kier alpha value is -2.41. The van der Waals surface area contributed by atoms with Crippen molar-refractivity contribution >= 4 is 17.7 Å². The van der Waals surface area contributed by atoms with Gasteiger partial charge in [-0.1, -0.05) is 18.2 Å². The third-order valence-electron chi connectivity index (χ3n) is 4.56. The molecule has 2 N–H and O–H groups in total. The molecule has 2 fully saturated rings. The highest BCUT2D eigenvalue weighted by Gasteiger charge is 2.39. The number of hydrogen-bond donors (Lipinski definition) is 2. The van der Waals surface area contributed by atoms with Crippen LogP contribution in [0.1, 0.15) is 16.8 Å². The highest BCUT2D eigenvalue weighted by Crippen LogP contribution is 2.13. The molecule has 7 heteroatoms. The van der Waals surface area contributed by atoms with Gasteiger partial charge in [-0.05, 0) is 19.2 Å². The van der Waals surface area contributed by atoms with Crippen molar-refractivity contribution in [2.75, 3.05) is 33.2 Å². The number of rotatable bonds is 3. The fourth-order valence-corrected chi connectivity index (χ4v) is 3.04. The molecule has 2 aliphatic rings. The lowest BCUT2D eigenvalue weighted by molar-refractivity contribution is -0.135.